The molecule has 0 aliphatic heterocycles. The van der Waals surface area contributed by atoms with Crippen LogP contribution in [-0.2, 0) is 6.42 Å². The summed E-state index contributed by atoms with van der Waals surface area (Å²) in [6.07, 6.45) is 1.04. The molecule has 1 aromatic carbocycles. The van der Waals surface area contributed by atoms with Gasteiger partial charge in [-0.2, -0.15) is 5.10 Å². The van der Waals surface area contributed by atoms with Crippen molar-refractivity contribution in [1.29, 1.82) is 0 Å². The standard InChI is InChI=1S/C11H15N3S/c1-3-9-4-6-10(7-5-9)8(2)13-14-11(12)15/h4-7H,3H2,1-2H3,(H3,12,14,15). The Bertz CT molecular complexity index is 368. The summed E-state index contributed by atoms with van der Waals surface area (Å²) in [7, 11) is 0. The Hall–Kier alpha value is -1.42. The van der Waals surface area contributed by atoms with E-state index >= 15 is 0 Å². The summed E-state index contributed by atoms with van der Waals surface area (Å²) < 4.78 is 0. The number of nitrogens with zero attached hydrogens (tertiary/aromatic N) is 1. The summed E-state index contributed by atoms with van der Waals surface area (Å²) in [5.41, 5.74) is 11.1. The average molecular weight is 221 g/mol. The minimum atomic E-state index is 0.180. The molecular weight excluding hydrogens is 206 g/mol. The zero-order chi connectivity index (χ0) is 11.3. The number of aryl methyl sites for hydroxylation is 1. The molecule has 0 aliphatic rings. The first-order valence-corrected chi connectivity index (χ1v) is 5.23. The largest absolute Gasteiger partial charge is 0.375 e. The molecule has 3 N–H and O–H groups in total. The Morgan fingerprint density at radius 3 is 2.47 bits per heavy atom. The monoisotopic (exact) mass is 221 g/mol. The Morgan fingerprint density at radius 1 is 1.40 bits per heavy atom. The minimum Gasteiger partial charge on any atom is -0.375 e. The van der Waals surface area contributed by atoms with Gasteiger partial charge in [-0.05, 0) is 36.7 Å². The van der Waals surface area contributed by atoms with Gasteiger partial charge in [0.25, 0.3) is 0 Å². The van der Waals surface area contributed by atoms with E-state index in [1.807, 2.05) is 19.1 Å². The van der Waals surface area contributed by atoms with Gasteiger partial charge in [0.05, 0.1) is 5.71 Å². The van der Waals surface area contributed by atoms with Gasteiger partial charge >= 0.3 is 0 Å². The fourth-order valence-electron chi connectivity index (χ4n) is 1.19. The number of hydrogen-bond donors (Lipinski definition) is 2. The maximum absolute atomic E-state index is 5.28. The van der Waals surface area contributed by atoms with E-state index in [0.717, 1.165) is 17.7 Å². The number of nitrogens with two attached hydrogens (primary N) is 1. The molecule has 80 valence electrons. The fourth-order valence-corrected chi connectivity index (χ4v) is 1.23. The van der Waals surface area contributed by atoms with E-state index < -0.39 is 0 Å². The van der Waals surface area contributed by atoms with Crippen molar-refractivity contribution in [2.75, 3.05) is 0 Å². The number of nitrogens with one attached hydrogen (secondary N) is 1. The predicted molar refractivity (Wildman–Crippen MR) is 68.0 cm³/mol. The molecular formula is C11H15N3S. The molecule has 0 radical (unpaired) electrons. The summed E-state index contributed by atoms with van der Waals surface area (Å²) in [5, 5.41) is 4.23. The van der Waals surface area contributed by atoms with Crippen molar-refractivity contribution in [3.05, 3.63) is 35.4 Å². The zero-order valence-electron chi connectivity index (χ0n) is 8.95. The molecule has 3 nitrogen and oxygen atoms in total. The lowest BCUT2D eigenvalue weighted by molar-refractivity contribution is 1.03. The Morgan fingerprint density at radius 2 is 2.00 bits per heavy atom. The molecule has 0 saturated heterocycles. The number of benzene rings is 1. The van der Waals surface area contributed by atoms with Crippen molar-refractivity contribution in [2.45, 2.75) is 20.3 Å². The van der Waals surface area contributed by atoms with Crippen LogP contribution >= 0.6 is 12.2 Å². The van der Waals surface area contributed by atoms with E-state index in [0.29, 0.717) is 0 Å². The third-order valence-electron chi connectivity index (χ3n) is 2.11. The van der Waals surface area contributed by atoms with Gasteiger partial charge in [0.2, 0.25) is 0 Å². The van der Waals surface area contributed by atoms with Gasteiger partial charge in [-0.25, -0.2) is 0 Å². The van der Waals surface area contributed by atoms with E-state index in [1.54, 1.807) is 0 Å². The van der Waals surface area contributed by atoms with Crippen molar-refractivity contribution in [3.8, 4) is 0 Å². The molecule has 1 rings (SSSR count). The predicted octanol–water partition coefficient (Wildman–Crippen LogP) is 1.81. The number of hydrazone groups is 1. The van der Waals surface area contributed by atoms with E-state index in [1.165, 1.54) is 5.56 Å². The van der Waals surface area contributed by atoms with Crippen LogP contribution in [0, 0.1) is 0 Å². The summed E-state index contributed by atoms with van der Waals surface area (Å²) >= 11 is 4.66. The van der Waals surface area contributed by atoms with Gasteiger partial charge < -0.3 is 5.73 Å². The molecule has 0 amide bonds. The maximum Gasteiger partial charge on any atom is 0.184 e. The van der Waals surface area contributed by atoms with Crippen LogP contribution in [0.1, 0.15) is 25.0 Å². The smallest absolute Gasteiger partial charge is 0.184 e. The zero-order valence-corrected chi connectivity index (χ0v) is 9.77. The molecule has 0 saturated carbocycles. The molecule has 0 spiro atoms. The van der Waals surface area contributed by atoms with Gasteiger partial charge in [-0.3, -0.25) is 5.43 Å². The molecule has 0 fully saturated rings. The summed E-state index contributed by atoms with van der Waals surface area (Å²) in [5.74, 6) is 0. The molecule has 0 aromatic heterocycles. The SMILES string of the molecule is CCc1ccc(C(C)=NNC(N)=S)cc1. The van der Waals surface area contributed by atoms with Crippen LogP contribution in [0.5, 0.6) is 0 Å². The third kappa shape index (κ3) is 3.67. The van der Waals surface area contributed by atoms with Crippen LogP contribution in [0.4, 0.5) is 0 Å². The van der Waals surface area contributed by atoms with E-state index in [9.17, 15) is 0 Å². The molecule has 0 unspecified atom stereocenters. The number of rotatable bonds is 3. The van der Waals surface area contributed by atoms with Crippen LogP contribution in [0.25, 0.3) is 0 Å². The Balaban J connectivity index is 2.77. The molecule has 0 atom stereocenters. The lowest BCUT2D eigenvalue weighted by Gasteiger charge is -2.03. The van der Waals surface area contributed by atoms with E-state index in [2.05, 4.69) is 41.8 Å². The first-order valence-electron chi connectivity index (χ1n) is 4.82. The second-order valence-electron chi connectivity index (χ2n) is 3.22. The lowest BCUT2D eigenvalue weighted by Crippen LogP contribution is -2.25. The minimum absolute atomic E-state index is 0.180. The maximum atomic E-state index is 5.28. The van der Waals surface area contributed by atoms with Crippen molar-refractivity contribution >= 4 is 23.0 Å². The van der Waals surface area contributed by atoms with Crippen LogP contribution in [0.3, 0.4) is 0 Å². The van der Waals surface area contributed by atoms with Gasteiger partial charge in [-0.15, -0.1) is 0 Å². The molecule has 0 bridgehead atoms. The number of thiocarbonyl (C=S) groups is 1. The second kappa shape index (κ2) is 5.46. The molecule has 4 heteroatoms. The lowest BCUT2D eigenvalue weighted by atomic mass is 10.1. The molecule has 1 aromatic rings. The highest BCUT2D eigenvalue weighted by Gasteiger charge is 1.97. The van der Waals surface area contributed by atoms with E-state index in [-0.39, 0.29) is 5.11 Å². The highest BCUT2D eigenvalue weighted by Crippen LogP contribution is 2.05. The first-order chi connectivity index (χ1) is 7.13. The molecule has 0 aliphatic carbocycles. The van der Waals surface area contributed by atoms with Crippen LogP contribution in [0.2, 0.25) is 0 Å². The summed E-state index contributed by atoms with van der Waals surface area (Å²) in [6.45, 7) is 4.04. The van der Waals surface area contributed by atoms with Crippen molar-refractivity contribution in [3.63, 3.8) is 0 Å². The van der Waals surface area contributed by atoms with Crippen molar-refractivity contribution in [1.82, 2.24) is 5.43 Å². The quantitative estimate of drug-likeness (QED) is 0.465. The van der Waals surface area contributed by atoms with Crippen LogP contribution < -0.4 is 11.2 Å². The van der Waals surface area contributed by atoms with Crippen molar-refractivity contribution < 1.29 is 0 Å². The van der Waals surface area contributed by atoms with E-state index in [4.69, 9.17) is 5.73 Å². The highest BCUT2D eigenvalue weighted by atomic mass is 32.1. The van der Waals surface area contributed by atoms with Crippen LogP contribution in [0.15, 0.2) is 29.4 Å². The topological polar surface area (TPSA) is 50.4 Å². The van der Waals surface area contributed by atoms with Gasteiger partial charge in [0, 0.05) is 0 Å². The summed E-state index contributed by atoms with van der Waals surface area (Å²) in [6, 6.07) is 8.27. The molecule has 0 heterocycles. The summed E-state index contributed by atoms with van der Waals surface area (Å²) in [4.78, 5) is 0. The van der Waals surface area contributed by atoms with Gasteiger partial charge in [0.15, 0.2) is 5.11 Å². The average Bonchev–Trinajstić information content (AvgIpc) is 2.26. The van der Waals surface area contributed by atoms with Crippen LogP contribution in [-0.4, -0.2) is 10.8 Å². The Labute approximate surface area is 95.4 Å². The normalized spacial score (nSPS) is 11.2. The fraction of sp³-hybridized carbons (Fsp3) is 0.273. The molecule has 15 heavy (non-hydrogen) atoms. The van der Waals surface area contributed by atoms with Gasteiger partial charge in [-0.1, -0.05) is 31.2 Å². The number of hydrogen-bond acceptors (Lipinski definition) is 2. The Kier molecular flexibility index (Phi) is 4.24. The van der Waals surface area contributed by atoms with Crippen molar-refractivity contribution in [2.24, 2.45) is 10.8 Å². The highest BCUT2D eigenvalue weighted by molar-refractivity contribution is 7.80. The first kappa shape index (κ1) is 11.7. The third-order valence-corrected chi connectivity index (χ3v) is 2.21. The van der Waals surface area contributed by atoms with Gasteiger partial charge in [0.1, 0.15) is 0 Å². The second-order valence-corrected chi connectivity index (χ2v) is 3.66.